The van der Waals surface area contributed by atoms with Gasteiger partial charge in [-0.25, -0.2) is 0 Å². The number of amides is 1. The highest BCUT2D eigenvalue weighted by Gasteiger charge is 2.27. The molecule has 2 rings (SSSR count). The number of hydrogen-bond donors (Lipinski definition) is 2. The lowest BCUT2D eigenvalue weighted by molar-refractivity contribution is 0.0928. The maximum absolute atomic E-state index is 12.1. The smallest absolute Gasteiger partial charge is 0.252 e. The van der Waals surface area contributed by atoms with Crippen molar-refractivity contribution < 1.29 is 4.79 Å². The number of rotatable bonds is 3. The number of nitrogens with one attached hydrogen (secondary N) is 1. The molecule has 1 aromatic rings. The third-order valence-electron chi connectivity index (χ3n) is 3.40. The van der Waals surface area contributed by atoms with E-state index in [0.29, 0.717) is 12.5 Å². The summed E-state index contributed by atoms with van der Waals surface area (Å²) in [5.41, 5.74) is 6.48. The highest BCUT2D eigenvalue weighted by atomic mass is 127. The topological polar surface area (TPSA) is 55.1 Å². The Morgan fingerprint density at radius 1 is 1.39 bits per heavy atom. The average molecular weight is 381 g/mol. The standard InChI is InChI=1S/C13H17IN2O.ClH/c14-11-6-2-1-5-10(11)13(17)16-12-7-3-4-9(12)8-15;/h1-2,5-6,9,12H,3-4,7-8,15H2,(H,16,17);1H. The van der Waals surface area contributed by atoms with Gasteiger partial charge in [-0.15, -0.1) is 12.4 Å². The summed E-state index contributed by atoms with van der Waals surface area (Å²) in [6.07, 6.45) is 3.35. The van der Waals surface area contributed by atoms with E-state index >= 15 is 0 Å². The van der Waals surface area contributed by atoms with Crippen LogP contribution in [0.1, 0.15) is 29.6 Å². The summed E-state index contributed by atoms with van der Waals surface area (Å²) in [4.78, 5) is 12.1. The predicted octanol–water partition coefficient (Wildman–Crippen LogP) is 2.57. The zero-order chi connectivity index (χ0) is 12.3. The highest BCUT2D eigenvalue weighted by molar-refractivity contribution is 14.1. The summed E-state index contributed by atoms with van der Waals surface area (Å²) in [6.45, 7) is 0.664. The monoisotopic (exact) mass is 380 g/mol. The molecule has 0 aliphatic heterocycles. The molecule has 1 saturated carbocycles. The second-order valence-corrected chi connectivity index (χ2v) is 5.65. The van der Waals surface area contributed by atoms with Gasteiger partial charge in [0, 0.05) is 9.61 Å². The van der Waals surface area contributed by atoms with Crippen molar-refractivity contribution in [3.8, 4) is 0 Å². The van der Waals surface area contributed by atoms with Crippen molar-refractivity contribution in [2.45, 2.75) is 25.3 Å². The van der Waals surface area contributed by atoms with Crippen LogP contribution in [0, 0.1) is 9.49 Å². The number of halogens is 2. The fourth-order valence-electron chi connectivity index (χ4n) is 2.40. The Morgan fingerprint density at radius 2 is 2.11 bits per heavy atom. The molecule has 2 atom stereocenters. The van der Waals surface area contributed by atoms with Crippen LogP contribution in [0.3, 0.4) is 0 Å². The number of carbonyl (C=O) groups excluding carboxylic acids is 1. The van der Waals surface area contributed by atoms with E-state index in [4.69, 9.17) is 5.73 Å². The first-order valence-corrected chi connectivity index (χ1v) is 7.05. The third-order valence-corrected chi connectivity index (χ3v) is 4.34. The molecule has 0 saturated heterocycles. The molecule has 3 N–H and O–H groups in total. The predicted molar refractivity (Wildman–Crippen MR) is 84.1 cm³/mol. The van der Waals surface area contributed by atoms with Crippen LogP contribution in [-0.4, -0.2) is 18.5 Å². The fourth-order valence-corrected chi connectivity index (χ4v) is 3.03. The Labute approximate surface area is 127 Å². The van der Waals surface area contributed by atoms with Gasteiger partial charge in [-0.2, -0.15) is 0 Å². The van der Waals surface area contributed by atoms with E-state index in [9.17, 15) is 4.79 Å². The minimum atomic E-state index is 0. The van der Waals surface area contributed by atoms with E-state index in [2.05, 4.69) is 27.9 Å². The van der Waals surface area contributed by atoms with Crippen molar-refractivity contribution in [1.29, 1.82) is 0 Å². The number of hydrogen-bond acceptors (Lipinski definition) is 2. The van der Waals surface area contributed by atoms with Gasteiger partial charge in [-0.1, -0.05) is 18.6 Å². The molecule has 1 aromatic carbocycles. The van der Waals surface area contributed by atoms with Gasteiger partial charge < -0.3 is 11.1 Å². The SMILES string of the molecule is Cl.NCC1CCCC1NC(=O)c1ccccc1I. The molecule has 5 heteroatoms. The van der Waals surface area contributed by atoms with Crippen molar-refractivity contribution in [2.75, 3.05) is 6.54 Å². The van der Waals surface area contributed by atoms with Crippen molar-refractivity contribution in [3.63, 3.8) is 0 Å². The summed E-state index contributed by atoms with van der Waals surface area (Å²) >= 11 is 2.19. The first-order valence-electron chi connectivity index (χ1n) is 5.98. The summed E-state index contributed by atoms with van der Waals surface area (Å²) in [7, 11) is 0. The maximum atomic E-state index is 12.1. The molecule has 0 bridgehead atoms. The molecule has 0 heterocycles. The molecule has 0 spiro atoms. The van der Waals surface area contributed by atoms with Crippen molar-refractivity contribution in [3.05, 3.63) is 33.4 Å². The molecule has 0 radical (unpaired) electrons. The Balaban J connectivity index is 0.00000162. The zero-order valence-corrected chi connectivity index (χ0v) is 13.0. The highest BCUT2D eigenvalue weighted by Crippen LogP contribution is 2.25. The van der Waals surface area contributed by atoms with E-state index in [1.54, 1.807) is 0 Å². The molecule has 3 nitrogen and oxygen atoms in total. The van der Waals surface area contributed by atoms with Gasteiger partial charge in [0.25, 0.3) is 5.91 Å². The van der Waals surface area contributed by atoms with Crippen molar-refractivity contribution in [1.82, 2.24) is 5.32 Å². The minimum absolute atomic E-state index is 0. The number of nitrogens with two attached hydrogens (primary N) is 1. The Kier molecular flexibility index (Phi) is 6.38. The zero-order valence-electron chi connectivity index (χ0n) is 10.1. The van der Waals surface area contributed by atoms with Gasteiger partial charge in [0.1, 0.15) is 0 Å². The molecule has 1 fully saturated rings. The second kappa shape index (κ2) is 7.31. The molecule has 2 unspecified atom stereocenters. The summed E-state index contributed by atoms with van der Waals surface area (Å²) in [5, 5.41) is 3.11. The Morgan fingerprint density at radius 3 is 2.78 bits per heavy atom. The molecular formula is C13H18ClIN2O. The number of benzene rings is 1. The summed E-state index contributed by atoms with van der Waals surface area (Å²) in [5.74, 6) is 0.473. The fraction of sp³-hybridized carbons (Fsp3) is 0.462. The van der Waals surface area contributed by atoms with Crippen LogP contribution in [0.5, 0.6) is 0 Å². The quantitative estimate of drug-likeness (QED) is 0.792. The summed E-state index contributed by atoms with van der Waals surface area (Å²) < 4.78 is 0.991. The first kappa shape index (κ1) is 15.7. The van der Waals surface area contributed by atoms with Gasteiger partial charge in [-0.05, 0) is 60.0 Å². The van der Waals surface area contributed by atoms with Crippen LogP contribution in [-0.2, 0) is 0 Å². The molecular weight excluding hydrogens is 363 g/mol. The number of carbonyl (C=O) groups is 1. The Hall–Kier alpha value is -0.330. The van der Waals surface area contributed by atoms with Gasteiger partial charge in [0.15, 0.2) is 0 Å². The molecule has 100 valence electrons. The molecule has 1 aliphatic rings. The van der Waals surface area contributed by atoms with Crippen LogP contribution < -0.4 is 11.1 Å². The van der Waals surface area contributed by atoms with E-state index in [0.717, 1.165) is 22.0 Å². The van der Waals surface area contributed by atoms with E-state index in [-0.39, 0.29) is 24.4 Å². The van der Waals surface area contributed by atoms with Gasteiger partial charge in [-0.3, -0.25) is 4.79 Å². The largest absolute Gasteiger partial charge is 0.349 e. The lowest BCUT2D eigenvalue weighted by Gasteiger charge is -2.19. The third kappa shape index (κ3) is 3.59. The van der Waals surface area contributed by atoms with Crippen LogP contribution in [0.25, 0.3) is 0 Å². The molecule has 0 aromatic heterocycles. The minimum Gasteiger partial charge on any atom is -0.349 e. The maximum Gasteiger partial charge on any atom is 0.252 e. The van der Waals surface area contributed by atoms with Crippen LogP contribution >= 0.6 is 35.0 Å². The van der Waals surface area contributed by atoms with Crippen molar-refractivity contribution >= 4 is 40.9 Å². The molecule has 1 aliphatic carbocycles. The lowest BCUT2D eigenvalue weighted by Crippen LogP contribution is -2.40. The lowest BCUT2D eigenvalue weighted by atomic mass is 10.0. The average Bonchev–Trinajstić information content (AvgIpc) is 2.76. The first-order chi connectivity index (χ1) is 8.22. The molecule has 1 amide bonds. The summed E-state index contributed by atoms with van der Waals surface area (Å²) in [6, 6.07) is 7.90. The normalized spacial score (nSPS) is 22.3. The van der Waals surface area contributed by atoms with E-state index in [1.165, 1.54) is 6.42 Å². The van der Waals surface area contributed by atoms with Crippen LogP contribution in [0.2, 0.25) is 0 Å². The van der Waals surface area contributed by atoms with E-state index in [1.807, 2.05) is 24.3 Å². The second-order valence-electron chi connectivity index (χ2n) is 4.49. The van der Waals surface area contributed by atoms with Gasteiger partial charge in [0.2, 0.25) is 0 Å². The van der Waals surface area contributed by atoms with Crippen molar-refractivity contribution in [2.24, 2.45) is 11.7 Å². The Bertz CT molecular complexity index is 414. The van der Waals surface area contributed by atoms with Crippen LogP contribution in [0.15, 0.2) is 24.3 Å². The molecule has 18 heavy (non-hydrogen) atoms. The van der Waals surface area contributed by atoms with E-state index < -0.39 is 0 Å². The van der Waals surface area contributed by atoms with Crippen LogP contribution in [0.4, 0.5) is 0 Å². The van der Waals surface area contributed by atoms with Gasteiger partial charge >= 0.3 is 0 Å². The van der Waals surface area contributed by atoms with Gasteiger partial charge in [0.05, 0.1) is 5.56 Å².